The number of hydrogen-bond acceptors (Lipinski definition) is 4. The lowest BCUT2D eigenvalue weighted by atomic mass is 10.2. The van der Waals surface area contributed by atoms with E-state index in [2.05, 4.69) is 5.32 Å². The number of benzene rings is 1. The monoisotopic (exact) mass is 316 g/mol. The summed E-state index contributed by atoms with van der Waals surface area (Å²) in [4.78, 5) is 24.3. The number of carbonyl (C=O) groups excluding carboxylic acids is 1. The highest BCUT2D eigenvalue weighted by Gasteiger charge is 2.14. The zero-order valence-corrected chi connectivity index (χ0v) is 12.3. The summed E-state index contributed by atoms with van der Waals surface area (Å²) >= 11 is 5.81. The molecule has 0 aliphatic carbocycles. The van der Waals surface area contributed by atoms with Crippen LogP contribution in [0.25, 0.3) is 0 Å². The van der Waals surface area contributed by atoms with E-state index >= 15 is 0 Å². The van der Waals surface area contributed by atoms with Crippen LogP contribution >= 0.6 is 11.6 Å². The SMILES string of the molecule is COCCN(CCO)C(=O)Nc1cc(Cl)cc(C(=O)O)c1. The van der Waals surface area contributed by atoms with Crippen molar-refractivity contribution in [2.45, 2.75) is 0 Å². The van der Waals surface area contributed by atoms with Gasteiger partial charge >= 0.3 is 12.0 Å². The minimum absolute atomic E-state index is 0.0246. The number of anilines is 1. The molecule has 0 unspecified atom stereocenters. The molecule has 116 valence electrons. The number of amides is 2. The van der Waals surface area contributed by atoms with Crippen LogP contribution in [0.4, 0.5) is 10.5 Å². The third-order valence-electron chi connectivity index (χ3n) is 2.62. The predicted octanol–water partition coefficient (Wildman–Crippen LogP) is 1.51. The van der Waals surface area contributed by atoms with Gasteiger partial charge in [0.05, 0.1) is 18.8 Å². The van der Waals surface area contributed by atoms with E-state index in [1.807, 2.05) is 0 Å². The molecule has 0 aromatic heterocycles. The Morgan fingerprint density at radius 3 is 2.62 bits per heavy atom. The molecule has 1 aromatic carbocycles. The molecule has 0 radical (unpaired) electrons. The molecule has 0 saturated carbocycles. The van der Waals surface area contributed by atoms with Crippen LogP contribution in [-0.4, -0.2) is 60.5 Å². The topological polar surface area (TPSA) is 99.1 Å². The molecule has 1 aromatic rings. The second-order valence-corrected chi connectivity index (χ2v) is 4.60. The van der Waals surface area contributed by atoms with E-state index in [0.717, 1.165) is 0 Å². The van der Waals surface area contributed by atoms with Crippen molar-refractivity contribution < 1.29 is 24.5 Å². The molecule has 0 aliphatic heterocycles. The minimum atomic E-state index is -1.14. The lowest BCUT2D eigenvalue weighted by Gasteiger charge is -2.22. The first-order valence-corrected chi connectivity index (χ1v) is 6.55. The summed E-state index contributed by atoms with van der Waals surface area (Å²) in [5, 5.41) is 20.6. The predicted molar refractivity (Wildman–Crippen MR) is 78.0 cm³/mol. The number of halogens is 1. The molecule has 0 fully saturated rings. The Morgan fingerprint density at radius 2 is 2.05 bits per heavy atom. The highest BCUT2D eigenvalue weighted by Crippen LogP contribution is 2.19. The smallest absolute Gasteiger partial charge is 0.335 e. The number of hydrogen-bond donors (Lipinski definition) is 3. The average Bonchev–Trinajstić information content (AvgIpc) is 2.42. The molecule has 0 aliphatic rings. The number of urea groups is 1. The number of aliphatic hydroxyl groups is 1. The number of carboxylic acid groups (broad SMARTS) is 1. The van der Waals surface area contributed by atoms with Crippen molar-refractivity contribution in [3.05, 3.63) is 28.8 Å². The van der Waals surface area contributed by atoms with Gasteiger partial charge in [0.25, 0.3) is 0 Å². The van der Waals surface area contributed by atoms with E-state index in [1.165, 1.54) is 30.2 Å². The molecule has 21 heavy (non-hydrogen) atoms. The summed E-state index contributed by atoms with van der Waals surface area (Å²) in [6.07, 6.45) is 0. The van der Waals surface area contributed by atoms with Gasteiger partial charge in [0.15, 0.2) is 0 Å². The van der Waals surface area contributed by atoms with Gasteiger partial charge in [-0.15, -0.1) is 0 Å². The summed E-state index contributed by atoms with van der Waals surface area (Å²) in [6.45, 7) is 0.577. The highest BCUT2D eigenvalue weighted by atomic mass is 35.5. The maximum atomic E-state index is 12.1. The number of ether oxygens (including phenoxy) is 1. The second-order valence-electron chi connectivity index (χ2n) is 4.17. The maximum absolute atomic E-state index is 12.1. The molecule has 3 N–H and O–H groups in total. The Balaban J connectivity index is 2.82. The first kappa shape index (κ1) is 17.2. The zero-order chi connectivity index (χ0) is 15.8. The van der Waals surface area contributed by atoms with Gasteiger partial charge in [-0.3, -0.25) is 0 Å². The van der Waals surface area contributed by atoms with Crippen molar-refractivity contribution in [1.82, 2.24) is 4.90 Å². The number of nitrogens with zero attached hydrogens (tertiary/aromatic N) is 1. The van der Waals surface area contributed by atoms with Gasteiger partial charge in [0.2, 0.25) is 0 Å². The standard InChI is InChI=1S/C13H17ClN2O5/c1-21-5-3-16(2-4-17)13(20)15-11-7-9(12(18)19)6-10(14)8-11/h6-8,17H,2-5H2,1H3,(H,15,20)(H,18,19). The fourth-order valence-corrected chi connectivity index (χ4v) is 1.86. The van der Waals surface area contributed by atoms with E-state index < -0.39 is 12.0 Å². The number of rotatable bonds is 7. The average molecular weight is 317 g/mol. The first-order valence-electron chi connectivity index (χ1n) is 6.17. The van der Waals surface area contributed by atoms with Crippen LogP contribution in [0.15, 0.2) is 18.2 Å². The molecule has 1 rings (SSSR count). The van der Waals surface area contributed by atoms with E-state index in [-0.39, 0.29) is 29.4 Å². The Hall–Kier alpha value is -1.83. The third kappa shape index (κ3) is 5.58. The van der Waals surface area contributed by atoms with Crippen molar-refractivity contribution >= 4 is 29.3 Å². The van der Waals surface area contributed by atoms with Gasteiger partial charge in [-0.1, -0.05) is 11.6 Å². The molecule has 0 spiro atoms. The lowest BCUT2D eigenvalue weighted by Crippen LogP contribution is -2.39. The molecule has 0 heterocycles. The van der Waals surface area contributed by atoms with Gasteiger partial charge in [-0.05, 0) is 18.2 Å². The van der Waals surface area contributed by atoms with E-state index in [0.29, 0.717) is 13.2 Å². The summed E-state index contributed by atoms with van der Waals surface area (Å²) < 4.78 is 4.89. The van der Waals surface area contributed by atoms with Gasteiger partial charge in [0.1, 0.15) is 0 Å². The Kier molecular flexibility index (Phi) is 6.93. The van der Waals surface area contributed by atoms with Crippen molar-refractivity contribution in [3.8, 4) is 0 Å². The normalized spacial score (nSPS) is 10.2. The number of carbonyl (C=O) groups is 2. The van der Waals surface area contributed by atoms with Crippen LogP contribution in [0.5, 0.6) is 0 Å². The van der Waals surface area contributed by atoms with Crippen molar-refractivity contribution in [1.29, 1.82) is 0 Å². The van der Waals surface area contributed by atoms with Gasteiger partial charge < -0.3 is 25.2 Å². The van der Waals surface area contributed by atoms with Crippen molar-refractivity contribution in [3.63, 3.8) is 0 Å². The number of nitrogens with one attached hydrogen (secondary N) is 1. The molecule has 7 nitrogen and oxygen atoms in total. The Morgan fingerprint density at radius 1 is 1.33 bits per heavy atom. The van der Waals surface area contributed by atoms with Crippen LogP contribution < -0.4 is 5.32 Å². The van der Waals surface area contributed by atoms with Crippen LogP contribution in [0.1, 0.15) is 10.4 Å². The van der Waals surface area contributed by atoms with E-state index in [9.17, 15) is 9.59 Å². The molecular weight excluding hydrogens is 300 g/mol. The van der Waals surface area contributed by atoms with Crippen molar-refractivity contribution in [2.24, 2.45) is 0 Å². The molecule has 2 amide bonds. The van der Waals surface area contributed by atoms with Gasteiger partial charge in [0, 0.05) is 30.9 Å². The first-order chi connectivity index (χ1) is 9.97. The summed E-state index contributed by atoms with van der Waals surface area (Å²) in [5.74, 6) is -1.14. The third-order valence-corrected chi connectivity index (χ3v) is 2.84. The fraction of sp³-hybridized carbons (Fsp3) is 0.385. The van der Waals surface area contributed by atoms with Crippen LogP contribution in [0.3, 0.4) is 0 Å². The zero-order valence-electron chi connectivity index (χ0n) is 11.5. The van der Waals surface area contributed by atoms with Gasteiger partial charge in [-0.25, -0.2) is 9.59 Å². The Labute approximate surface area is 127 Å². The Bertz CT molecular complexity index is 509. The van der Waals surface area contributed by atoms with Crippen LogP contribution in [0.2, 0.25) is 5.02 Å². The maximum Gasteiger partial charge on any atom is 0.335 e. The van der Waals surface area contributed by atoms with Crippen LogP contribution in [-0.2, 0) is 4.74 Å². The van der Waals surface area contributed by atoms with Crippen LogP contribution in [0, 0.1) is 0 Å². The number of aromatic carboxylic acids is 1. The highest BCUT2D eigenvalue weighted by molar-refractivity contribution is 6.31. The summed E-state index contributed by atoms with van der Waals surface area (Å²) in [6, 6.07) is 3.56. The molecule has 8 heteroatoms. The molecule has 0 saturated heterocycles. The summed E-state index contributed by atoms with van der Waals surface area (Å²) in [7, 11) is 1.51. The second kappa shape index (κ2) is 8.46. The molecule has 0 atom stereocenters. The van der Waals surface area contributed by atoms with E-state index in [4.69, 9.17) is 26.6 Å². The summed E-state index contributed by atoms with van der Waals surface area (Å²) in [5.41, 5.74) is 0.244. The minimum Gasteiger partial charge on any atom is -0.478 e. The quantitative estimate of drug-likeness (QED) is 0.708. The lowest BCUT2D eigenvalue weighted by molar-refractivity contribution is 0.0697. The number of aliphatic hydroxyl groups excluding tert-OH is 1. The van der Waals surface area contributed by atoms with Gasteiger partial charge in [-0.2, -0.15) is 0 Å². The number of carboxylic acids is 1. The van der Waals surface area contributed by atoms with Crippen molar-refractivity contribution in [2.75, 3.05) is 38.7 Å². The van der Waals surface area contributed by atoms with E-state index in [1.54, 1.807) is 0 Å². The molecular formula is C13H17ClN2O5. The fourth-order valence-electron chi connectivity index (χ4n) is 1.62. The molecule has 0 bridgehead atoms. The largest absolute Gasteiger partial charge is 0.478 e. The number of methoxy groups -OCH3 is 1.